The molecule has 29 heavy (non-hydrogen) atoms. The summed E-state index contributed by atoms with van der Waals surface area (Å²) in [6.07, 6.45) is 0.362. The normalized spacial score (nSPS) is 17.7. The molecule has 1 saturated heterocycles. The summed E-state index contributed by atoms with van der Waals surface area (Å²) < 4.78 is 38.8. The summed E-state index contributed by atoms with van der Waals surface area (Å²) in [5.41, 5.74) is 1.67. The molecule has 1 aromatic heterocycles. The molecule has 0 spiro atoms. The van der Waals surface area contributed by atoms with E-state index in [1.807, 2.05) is 0 Å². The average Bonchev–Trinajstić information content (AvgIpc) is 3.19. The quantitative estimate of drug-likeness (QED) is 0.663. The number of amides is 1. The van der Waals surface area contributed by atoms with Gasteiger partial charge in [0, 0.05) is 6.04 Å². The molecule has 1 atom stereocenters. The topological polar surface area (TPSA) is 125 Å². The predicted molar refractivity (Wildman–Crippen MR) is 102 cm³/mol. The SMILES string of the molecule is Cc1noc(C)c1COc1ccccc1C(=O)OCC(=O)NC1CCS(=O)(=O)C1. The van der Waals surface area contributed by atoms with Crippen molar-refractivity contribution in [1.29, 1.82) is 0 Å². The summed E-state index contributed by atoms with van der Waals surface area (Å²) in [4.78, 5) is 24.4. The van der Waals surface area contributed by atoms with Gasteiger partial charge in [0.1, 0.15) is 23.7 Å². The van der Waals surface area contributed by atoms with E-state index in [0.717, 1.165) is 5.56 Å². The molecule has 1 aliphatic heterocycles. The van der Waals surface area contributed by atoms with E-state index in [9.17, 15) is 18.0 Å². The summed E-state index contributed by atoms with van der Waals surface area (Å²) in [6.45, 7) is 3.23. The average molecular weight is 422 g/mol. The largest absolute Gasteiger partial charge is 0.488 e. The third kappa shape index (κ3) is 5.35. The molecule has 1 fully saturated rings. The Morgan fingerprint density at radius 3 is 2.69 bits per heavy atom. The first-order valence-electron chi connectivity index (χ1n) is 9.05. The zero-order valence-electron chi connectivity index (χ0n) is 16.1. The standard InChI is InChI=1S/C19H22N2O7S/c1-12-16(13(2)28-21-12)9-26-17-6-4-3-5-15(17)19(23)27-10-18(22)20-14-7-8-29(24,25)11-14/h3-6,14H,7-11H2,1-2H3,(H,20,22). The van der Waals surface area contributed by atoms with Gasteiger partial charge in [-0.15, -0.1) is 0 Å². The maximum Gasteiger partial charge on any atom is 0.342 e. The van der Waals surface area contributed by atoms with E-state index in [1.54, 1.807) is 32.0 Å². The highest BCUT2D eigenvalue weighted by atomic mass is 32.2. The van der Waals surface area contributed by atoms with Crippen molar-refractivity contribution in [2.75, 3.05) is 18.1 Å². The van der Waals surface area contributed by atoms with E-state index < -0.39 is 34.4 Å². The van der Waals surface area contributed by atoms with Crippen molar-refractivity contribution < 1.29 is 32.0 Å². The lowest BCUT2D eigenvalue weighted by atomic mass is 10.2. The van der Waals surface area contributed by atoms with Crippen molar-refractivity contribution in [3.63, 3.8) is 0 Å². The summed E-state index contributed by atoms with van der Waals surface area (Å²) in [7, 11) is -3.10. The number of para-hydroxylation sites is 1. The highest BCUT2D eigenvalue weighted by Crippen LogP contribution is 2.22. The lowest BCUT2D eigenvalue weighted by Gasteiger charge is -2.13. The summed E-state index contributed by atoms with van der Waals surface area (Å²) in [6, 6.07) is 6.08. The minimum absolute atomic E-state index is 0.0492. The minimum Gasteiger partial charge on any atom is -0.488 e. The van der Waals surface area contributed by atoms with Crippen LogP contribution in [0.5, 0.6) is 5.75 Å². The Balaban J connectivity index is 1.56. The lowest BCUT2D eigenvalue weighted by Crippen LogP contribution is -2.38. The molecular formula is C19H22N2O7S. The van der Waals surface area contributed by atoms with Crippen molar-refractivity contribution in [2.24, 2.45) is 0 Å². The number of ether oxygens (including phenoxy) is 2. The first-order chi connectivity index (χ1) is 13.7. The highest BCUT2D eigenvalue weighted by molar-refractivity contribution is 7.91. The number of sulfone groups is 1. The molecule has 10 heteroatoms. The van der Waals surface area contributed by atoms with Gasteiger partial charge in [-0.1, -0.05) is 17.3 Å². The van der Waals surface area contributed by atoms with Gasteiger partial charge in [0.15, 0.2) is 16.4 Å². The number of aromatic nitrogens is 1. The van der Waals surface area contributed by atoms with E-state index >= 15 is 0 Å². The zero-order valence-corrected chi connectivity index (χ0v) is 17.0. The Morgan fingerprint density at radius 1 is 1.28 bits per heavy atom. The Kier molecular flexibility index (Phi) is 6.21. The third-order valence-corrected chi connectivity index (χ3v) is 6.36. The van der Waals surface area contributed by atoms with Crippen LogP contribution >= 0.6 is 0 Å². The van der Waals surface area contributed by atoms with Gasteiger partial charge in [0.2, 0.25) is 0 Å². The third-order valence-electron chi connectivity index (χ3n) is 4.59. The molecule has 1 aromatic carbocycles. The number of rotatable bonds is 7. The van der Waals surface area contributed by atoms with Crippen LogP contribution < -0.4 is 10.1 Å². The molecule has 0 bridgehead atoms. The fraction of sp³-hybridized carbons (Fsp3) is 0.421. The van der Waals surface area contributed by atoms with Gasteiger partial charge in [-0.2, -0.15) is 0 Å². The fourth-order valence-corrected chi connectivity index (χ4v) is 4.68. The van der Waals surface area contributed by atoms with Crippen molar-refractivity contribution in [3.05, 3.63) is 46.8 Å². The molecule has 0 saturated carbocycles. The number of hydrogen-bond acceptors (Lipinski definition) is 8. The molecule has 1 aliphatic rings. The second-order valence-electron chi connectivity index (χ2n) is 6.83. The van der Waals surface area contributed by atoms with E-state index in [-0.39, 0.29) is 23.7 Å². The van der Waals surface area contributed by atoms with Crippen LogP contribution in [0.2, 0.25) is 0 Å². The van der Waals surface area contributed by atoms with Crippen molar-refractivity contribution >= 4 is 21.7 Å². The van der Waals surface area contributed by atoms with E-state index in [4.69, 9.17) is 14.0 Å². The maximum atomic E-state index is 12.4. The molecule has 156 valence electrons. The predicted octanol–water partition coefficient (Wildman–Crippen LogP) is 1.33. The summed E-state index contributed by atoms with van der Waals surface area (Å²) in [5, 5.41) is 6.43. The van der Waals surface area contributed by atoms with Gasteiger partial charge in [0.05, 0.1) is 22.8 Å². The second kappa shape index (κ2) is 8.64. The van der Waals surface area contributed by atoms with Crippen molar-refractivity contribution in [1.82, 2.24) is 10.5 Å². The first kappa shape index (κ1) is 20.8. The molecule has 0 radical (unpaired) electrons. The lowest BCUT2D eigenvalue weighted by molar-refractivity contribution is -0.124. The number of carbonyl (C=O) groups excluding carboxylic acids is 2. The van der Waals surface area contributed by atoms with E-state index in [2.05, 4.69) is 10.5 Å². The maximum absolute atomic E-state index is 12.4. The van der Waals surface area contributed by atoms with Gasteiger partial charge in [-0.05, 0) is 32.4 Å². The molecule has 1 amide bonds. The van der Waals surface area contributed by atoms with Crippen LogP contribution in [0.25, 0.3) is 0 Å². The summed E-state index contributed by atoms with van der Waals surface area (Å²) in [5.74, 6) is -0.366. The number of benzene rings is 1. The highest BCUT2D eigenvalue weighted by Gasteiger charge is 2.29. The minimum atomic E-state index is -3.10. The molecule has 2 heterocycles. The molecule has 1 N–H and O–H groups in total. The number of carbonyl (C=O) groups is 2. The smallest absolute Gasteiger partial charge is 0.342 e. The fourth-order valence-electron chi connectivity index (χ4n) is 3.01. The van der Waals surface area contributed by atoms with Crippen molar-refractivity contribution in [2.45, 2.75) is 32.9 Å². The molecular weight excluding hydrogens is 400 g/mol. The van der Waals surface area contributed by atoms with E-state index in [0.29, 0.717) is 23.6 Å². The monoisotopic (exact) mass is 422 g/mol. The van der Waals surface area contributed by atoms with Gasteiger partial charge in [0.25, 0.3) is 5.91 Å². The van der Waals surface area contributed by atoms with Crippen LogP contribution in [0.1, 0.15) is 33.8 Å². The number of nitrogens with zero attached hydrogens (tertiary/aromatic N) is 1. The first-order valence-corrected chi connectivity index (χ1v) is 10.9. The zero-order chi connectivity index (χ0) is 21.0. The Bertz CT molecular complexity index is 994. The number of nitrogens with one attached hydrogen (secondary N) is 1. The van der Waals surface area contributed by atoms with Gasteiger partial charge >= 0.3 is 5.97 Å². The Morgan fingerprint density at radius 2 is 2.03 bits per heavy atom. The Hall–Kier alpha value is -2.88. The van der Waals surface area contributed by atoms with Crippen molar-refractivity contribution in [3.8, 4) is 5.75 Å². The van der Waals surface area contributed by atoms with Crippen LogP contribution in [0.3, 0.4) is 0 Å². The number of esters is 1. The second-order valence-corrected chi connectivity index (χ2v) is 9.06. The number of hydrogen-bond donors (Lipinski definition) is 1. The van der Waals surface area contributed by atoms with Crippen LogP contribution in [0.4, 0.5) is 0 Å². The molecule has 0 aliphatic carbocycles. The number of aryl methyl sites for hydroxylation is 2. The van der Waals surface area contributed by atoms with E-state index in [1.165, 1.54) is 6.07 Å². The van der Waals surface area contributed by atoms with Gasteiger partial charge in [-0.25, -0.2) is 13.2 Å². The van der Waals surface area contributed by atoms with Crippen LogP contribution in [-0.4, -0.2) is 49.6 Å². The van der Waals surface area contributed by atoms with Gasteiger partial charge < -0.3 is 19.3 Å². The molecule has 3 rings (SSSR count). The van der Waals surface area contributed by atoms with Crippen LogP contribution in [-0.2, 0) is 26.0 Å². The van der Waals surface area contributed by atoms with Crippen LogP contribution in [0.15, 0.2) is 28.8 Å². The van der Waals surface area contributed by atoms with Crippen LogP contribution in [0, 0.1) is 13.8 Å². The molecule has 1 unspecified atom stereocenters. The summed E-state index contributed by atoms with van der Waals surface area (Å²) >= 11 is 0. The Labute approximate surface area is 168 Å². The molecule has 2 aromatic rings. The molecule has 9 nitrogen and oxygen atoms in total. The van der Waals surface area contributed by atoms with Gasteiger partial charge in [-0.3, -0.25) is 4.79 Å².